The SMILES string of the molecule is CCCCCCC/C=C\C/C=C\C/C=C\CCCCCCCCCCCCCCCCCCC(=O)NC(COP(=O)([O-])OCC[N+](C)(C)C)C(O)/C=C/CC/C=C/CCCCCCCCCCCCC. The quantitative estimate of drug-likeness (QED) is 0.0272. The molecule has 0 aliphatic heterocycles. The lowest BCUT2D eigenvalue weighted by Gasteiger charge is -2.29. The van der Waals surface area contributed by atoms with Crippen molar-refractivity contribution in [2.24, 2.45) is 0 Å². The Hall–Kier alpha value is -1.80. The molecule has 3 unspecified atom stereocenters. The van der Waals surface area contributed by atoms with Gasteiger partial charge in [-0.1, -0.05) is 254 Å². The van der Waals surface area contributed by atoms with E-state index in [-0.39, 0.29) is 12.5 Å². The van der Waals surface area contributed by atoms with Gasteiger partial charge < -0.3 is 28.8 Å². The largest absolute Gasteiger partial charge is 0.756 e. The monoisotopic (exact) mass is 1000 g/mol. The summed E-state index contributed by atoms with van der Waals surface area (Å²) in [5.41, 5.74) is 0. The maximum absolute atomic E-state index is 13.0. The molecule has 70 heavy (non-hydrogen) atoms. The van der Waals surface area contributed by atoms with Crippen LogP contribution in [-0.4, -0.2) is 68.5 Å². The fourth-order valence-corrected chi connectivity index (χ4v) is 9.25. The summed E-state index contributed by atoms with van der Waals surface area (Å²) in [4.78, 5) is 25.5. The van der Waals surface area contributed by atoms with Gasteiger partial charge in [-0.3, -0.25) is 9.36 Å². The van der Waals surface area contributed by atoms with E-state index in [1.165, 1.54) is 199 Å². The molecule has 0 aromatic rings. The van der Waals surface area contributed by atoms with Crippen molar-refractivity contribution in [2.75, 3.05) is 40.9 Å². The van der Waals surface area contributed by atoms with Gasteiger partial charge in [0.25, 0.3) is 7.82 Å². The number of hydrogen-bond donors (Lipinski definition) is 2. The highest BCUT2D eigenvalue weighted by Gasteiger charge is 2.23. The number of unbranched alkanes of at least 4 members (excludes halogenated alkanes) is 33. The number of nitrogens with zero attached hydrogens (tertiary/aromatic N) is 1. The standard InChI is InChI=1S/C61H115N2O6P/c1-6-8-10-12-14-16-18-20-22-24-25-26-27-28-29-30-31-32-33-34-35-36-37-39-41-43-45-47-49-51-53-55-61(65)62-59(58-69-70(66,67)68-57-56-63(3,4)5)60(64)54-52-50-48-46-44-42-40-38-23-21-19-17-15-13-11-9-7-2/h18,20,24-25,27-28,44,46,52,54,59-60,64H,6-17,19,21-23,26,29-43,45,47-51,53,55-58H2,1-5H3,(H-,62,65,66,67)/b20-18-,25-24-,28-27-,46-44+,54-52+. The Morgan fingerprint density at radius 2 is 0.843 bits per heavy atom. The first-order valence-corrected chi connectivity index (χ1v) is 31.1. The fraction of sp³-hybridized carbons (Fsp3) is 0.820. The van der Waals surface area contributed by atoms with E-state index >= 15 is 0 Å². The minimum atomic E-state index is -4.61. The van der Waals surface area contributed by atoms with Gasteiger partial charge in [-0.25, -0.2) is 0 Å². The van der Waals surface area contributed by atoms with E-state index in [0.717, 1.165) is 51.4 Å². The summed E-state index contributed by atoms with van der Waals surface area (Å²) >= 11 is 0. The van der Waals surface area contributed by atoms with E-state index in [1.54, 1.807) is 6.08 Å². The van der Waals surface area contributed by atoms with Gasteiger partial charge in [0.15, 0.2) is 0 Å². The van der Waals surface area contributed by atoms with Crippen LogP contribution >= 0.6 is 7.82 Å². The number of phosphoric acid groups is 1. The fourth-order valence-electron chi connectivity index (χ4n) is 8.53. The number of amides is 1. The zero-order chi connectivity index (χ0) is 51.3. The van der Waals surface area contributed by atoms with E-state index in [0.29, 0.717) is 17.4 Å². The topological polar surface area (TPSA) is 108 Å². The molecule has 0 aliphatic rings. The minimum Gasteiger partial charge on any atom is -0.756 e. The number of likely N-dealkylation sites (N-methyl/N-ethyl adjacent to an activating group) is 1. The van der Waals surface area contributed by atoms with Crippen LogP contribution in [0.4, 0.5) is 0 Å². The van der Waals surface area contributed by atoms with Gasteiger partial charge in [0.1, 0.15) is 13.2 Å². The second-order valence-corrected chi connectivity index (χ2v) is 22.8. The number of hydrogen-bond acceptors (Lipinski definition) is 6. The number of aliphatic hydroxyl groups is 1. The van der Waals surface area contributed by atoms with Crippen molar-refractivity contribution in [3.05, 3.63) is 60.8 Å². The van der Waals surface area contributed by atoms with Gasteiger partial charge in [-0.2, -0.15) is 0 Å². The molecule has 0 radical (unpaired) electrons. The Labute approximate surface area is 434 Å². The van der Waals surface area contributed by atoms with E-state index in [9.17, 15) is 19.4 Å². The number of carbonyl (C=O) groups excluding carboxylic acids is 1. The van der Waals surface area contributed by atoms with Crippen LogP contribution in [0.15, 0.2) is 60.8 Å². The van der Waals surface area contributed by atoms with Gasteiger partial charge in [0.05, 0.1) is 39.9 Å². The zero-order valence-electron chi connectivity index (χ0n) is 46.7. The maximum Gasteiger partial charge on any atom is 0.268 e. The molecule has 0 aliphatic carbocycles. The van der Waals surface area contributed by atoms with Gasteiger partial charge >= 0.3 is 0 Å². The van der Waals surface area contributed by atoms with E-state index in [1.807, 2.05) is 27.2 Å². The summed E-state index contributed by atoms with van der Waals surface area (Å²) in [6.45, 7) is 4.63. The maximum atomic E-state index is 13.0. The first kappa shape index (κ1) is 68.2. The Kier molecular flexibility index (Phi) is 50.7. The van der Waals surface area contributed by atoms with Crippen LogP contribution in [0.3, 0.4) is 0 Å². The Morgan fingerprint density at radius 1 is 0.500 bits per heavy atom. The molecule has 8 nitrogen and oxygen atoms in total. The first-order chi connectivity index (χ1) is 34.0. The predicted molar refractivity (Wildman–Crippen MR) is 302 cm³/mol. The molecular weight excluding hydrogens is 888 g/mol. The highest BCUT2D eigenvalue weighted by atomic mass is 31.2. The van der Waals surface area contributed by atoms with Crippen LogP contribution in [0.1, 0.15) is 271 Å². The van der Waals surface area contributed by atoms with E-state index in [4.69, 9.17) is 9.05 Å². The van der Waals surface area contributed by atoms with Crippen LogP contribution in [0, 0.1) is 0 Å². The molecule has 0 heterocycles. The molecule has 9 heteroatoms. The van der Waals surface area contributed by atoms with Crippen molar-refractivity contribution in [1.82, 2.24) is 5.32 Å². The van der Waals surface area contributed by atoms with Gasteiger partial charge in [0, 0.05) is 6.42 Å². The van der Waals surface area contributed by atoms with Gasteiger partial charge in [-0.05, 0) is 70.6 Å². The molecule has 0 aromatic heterocycles. The number of phosphoric ester groups is 1. The third kappa shape index (κ3) is 54.0. The molecule has 0 fully saturated rings. The molecule has 0 aromatic carbocycles. The molecule has 3 atom stereocenters. The normalized spacial score (nSPS) is 14.3. The Balaban J connectivity index is 4.14. The summed E-state index contributed by atoms with van der Waals surface area (Å²) in [5, 5.41) is 13.9. The second kappa shape index (κ2) is 52.1. The minimum absolute atomic E-state index is 0.00703. The average molecular weight is 1000 g/mol. The third-order valence-electron chi connectivity index (χ3n) is 13.2. The number of carbonyl (C=O) groups is 1. The molecule has 0 saturated heterocycles. The zero-order valence-corrected chi connectivity index (χ0v) is 47.6. The van der Waals surface area contributed by atoms with E-state index in [2.05, 4.69) is 67.8 Å². The number of quaternary nitrogens is 1. The van der Waals surface area contributed by atoms with Crippen molar-refractivity contribution in [1.29, 1.82) is 0 Å². The van der Waals surface area contributed by atoms with Crippen molar-refractivity contribution < 1.29 is 32.9 Å². The number of rotatable bonds is 54. The highest BCUT2D eigenvalue weighted by molar-refractivity contribution is 7.45. The molecule has 0 spiro atoms. The van der Waals surface area contributed by atoms with Crippen LogP contribution < -0.4 is 10.2 Å². The Bertz CT molecular complexity index is 1320. The summed E-state index contributed by atoms with van der Waals surface area (Å²) in [6, 6.07) is -0.905. The third-order valence-corrected chi connectivity index (χ3v) is 14.2. The predicted octanol–water partition coefficient (Wildman–Crippen LogP) is 17.5. The number of aliphatic hydroxyl groups excluding tert-OH is 1. The lowest BCUT2D eigenvalue weighted by Crippen LogP contribution is -2.45. The molecule has 410 valence electrons. The van der Waals surface area contributed by atoms with Crippen molar-refractivity contribution in [2.45, 2.75) is 283 Å². The molecule has 1 amide bonds. The lowest BCUT2D eigenvalue weighted by molar-refractivity contribution is -0.870. The van der Waals surface area contributed by atoms with Gasteiger partial charge in [-0.15, -0.1) is 0 Å². The number of allylic oxidation sites excluding steroid dienone is 9. The van der Waals surface area contributed by atoms with Crippen molar-refractivity contribution in [3.8, 4) is 0 Å². The molecule has 0 saturated carbocycles. The molecular formula is C61H115N2O6P. The van der Waals surface area contributed by atoms with Crippen LogP contribution in [0.5, 0.6) is 0 Å². The summed E-state index contributed by atoms with van der Waals surface area (Å²) in [6.07, 6.45) is 70.2. The number of nitrogens with one attached hydrogen (secondary N) is 1. The average Bonchev–Trinajstić information content (AvgIpc) is 3.32. The van der Waals surface area contributed by atoms with Gasteiger partial charge in [0.2, 0.25) is 5.91 Å². The second-order valence-electron chi connectivity index (χ2n) is 21.3. The van der Waals surface area contributed by atoms with Crippen LogP contribution in [-0.2, 0) is 18.4 Å². The molecule has 0 rings (SSSR count). The van der Waals surface area contributed by atoms with Crippen LogP contribution in [0.2, 0.25) is 0 Å². The summed E-state index contributed by atoms with van der Waals surface area (Å²) in [5.74, 6) is -0.206. The van der Waals surface area contributed by atoms with Crippen LogP contribution in [0.25, 0.3) is 0 Å². The summed E-state index contributed by atoms with van der Waals surface area (Å²) in [7, 11) is 1.25. The highest BCUT2D eigenvalue weighted by Crippen LogP contribution is 2.38. The van der Waals surface area contributed by atoms with E-state index < -0.39 is 26.6 Å². The molecule has 2 N–H and O–H groups in total. The first-order valence-electron chi connectivity index (χ1n) is 29.7. The smallest absolute Gasteiger partial charge is 0.268 e. The van der Waals surface area contributed by atoms with Crippen molar-refractivity contribution >= 4 is 13.7 Å². The lowest BCUT2D eigenvalue weighted by atomic mass is 10.0. The Morgan fingerprint density at radius 3 is 1.26 bits per heavy atom. The van der Waals surface area contributed by atoms with Crippen molar-refractivity contribution in [3.63, 3.8) is 0 Å². The molecule has 0 bridgehead atoms. The summed E-state index contributed by atoms with van der Waals surface area (Å²) < 4.78 is 23.3.